The molecule has 22 heavy (non-hydrogen) atoms. The fourth-order valence-electron chi connectivity index (χ4n) is 2.24. The minimum absolute atomic E-state index is 0.174. The van der Waals surface area contributed by atoms with Crippen LogP contribution >= 0.6 is 0 Å². The topological polar surface area (TPSA) is 57.0 Å². The summed E-state index contributed by atoms with van der Waals surface area (Å²) in [5, 5.41) is 5.25. The molecule has 0 fully saturated rings. The van der Waals surface area contributed by atoms with E-state index in [1.165, 1.54) is 0 Å². The summed E-state index contributed by atoms with van der Waals surface area (Å²) in [6.45, 7) is 5.65. The van der Waals surface area contributed by atoms with Gasteiger partial charge in [-0.2, -0.15) is 5.10 Å². The number of aryl methyl sites for hydroxylation is 1. The average Bonchev–Trinajstić information content (AvgIpc) is 2.89. The monoisotopic (exact) mass is 295 g/mol. The molecule has 0 bridgehead atoms. The molecule has 0 unspecified atom stereocenters. The standard InChI is InChI=1S/C17H17N3O2/c1-11(2)22-17(21)15-8-7-13-10-18-20(16(13)19-15)14-6-4-5-12(3)9-14/h4-11H,1-3H3. The van der Waals surface area contributed by atoms with Crippen LogP contribution in [0.5, 0.6) is 0 Å². The van der Waals surface area contributed by atoms with Crippen molar-refractivity contribution in [1.29, 1.82) is 0 Å². The fraction of sp³-hybridized carbons (Fsp3) is 0.235. The Labute approximate surface area is 128 Å². The van der Waals surface area contributed by atoms with E-state index >= 15 is 0 Å². The summed E-state index contributed by atoms with van der Waals surface area (Å²) in [7, 11) is 0. The molecule has 5 heteroatoms. The Balaban J connectivity index is 2.07. The molecule has 0 aliphatic rings. The summed E-state index contributed by atoms with van der Waals surface area (Å²) < 4.78 is 6.93. The first-order valence-corrected chi connectivity index (χ1v) is 7.17. The number of nitrogens with zero attached hydrogens (tertiary/aromatic N) is 3. The van der Waals surface area contributed by atoms with E-state index in [0.29, 0.717) is 5.65 Å². The van der Waals surface area contributed by atoms with Crippen LogP contribution in [-0.4, -0.2) is 26.8 Å². The van der Waals surface area contributed by atoms with Crippen molar-refractivity contribution < 1.29 is 9.53 Å². The van der Waals surface area contributed by atoms with E-state index in [9.17, 15) is 4.79 Å². The van der Waals surface area contributed by atoms with Gasteiger partial charge in [0, 0.05) is 5.39 Å². The SMILES string of the molecule is Cc1cccc(-n2ncc3ccc(C(=O)OC(C)C)nc32)c1. The molecule has 3 rings (SSSR count). The predicted molar refractivity (Wildman–Crippen MR) is 84.2 cm³/mol. The van der Waals surface area contributed by atoms with Crippen LogP contribution in [0.25, 0.3) is 16.7 Å². The van der Waals surface area contributed by atoms with Gasteiger partial charge in [0.15, 0.2) is 11.3 Å². The number of aromatic nitrogens is 3. The molecule has 0 radical (unpaired) electrons. The highest BCUT2D eigenvalue weighted by molar-refractivity contribution is 5.90. The number of carbonyl (C=O) groups is 1. The molecule has 0 spiro atoms. The lowest BCUT2D eigenvalue weighted by Crippen LogP contribution is -2.13. The van der Waals surface area contributed by atoms with E-state index in [1.54, 1.807) is 16.9 Å². The van der Waals surface area contributed by atoms with Crippen LogP contribution in [-0.2, 0) is 4.74 Å². The Bertz CT molecular complexity index is 837. The molecular weight excluding hydrogens is 278 g/mol. The molecule has 0 aliphatic carbocycles. The quantitative estimate of drug-likeness (QED) is 0.696. The Morgan fingerprint density at radius 2 is 2.05 bits per heavy atom. The van der Waals surface area contributed by atoms with Crippen LogP contribution in [0.1, 0.15) is 29.9 Å². The first-order chi connectivity index (χ1) is 10.5. The number of rotatable bonds is 3. The van der Waals surface area contributed by atoms with Gasteiger partial charge in [0.2, 0.25) is 0 Å². The maximum Gasteiger partial charge on any atom is 0.357 e. The Kier molecular flexibility index (Phi) is 3.63. The average molecular weight is 295 g/mol. The summed E-state index contributed by atoms with van der Waals surface area (Å²) in [5.41, 5.74) is 2.98. The molecule has 2 heterocycles. The van der Waals surface area contributed by atoms with Crippen molar-refractivity contribution in [3.8, 4) is 5.69 Å². The Morgan fingerprint density at radius 3 is 2.77 bits per heavy atom. The highest BCUT2D eigenvalue weighted by Gasteiger charge is 2.14. The van der Waals surface area contributed by atoms with Crippen LogP contribution < -0.4 is 0 Å². The second-order valence-electron chi connectivity index (χ2n) is 5.46. The van der Waals surface area contributed by atoms with Gasteiger partial charge in [-0.05, 0) is 50.6 Å². The van der Waals surface area contributed by atoms with Gasteiger partial charge in [-0.3, -0.25) is 0 Å². The number of hydrogen-bond donors (Lipinski definition) is 0. The minimum atomic E-state index is -0.422. The Hall–Kier alpha value is -2.69. The lowest BCUT2D eigenvalue weighted by atomic mass is 10.2. The lowest BCUT2D eigenvalue weighted by molar-refractivity contribution is 0.0371. The van der Waals surface area contributed by atoms with E-state index in [0.717, 1.165) is 16.6 Å². The summed E-state index contributed by atoms with van der Waals surface area (Å²) in [4.78, 5) is 16.4. The van der Waals surface area contributed by atoms with Gasteiger partial charge in [0.05, 0.1) is 18.0 Å². The van der Waals surface area contributed by atoms with E-state index in [4.69, 9.17) is 4.74 Å². The van der Waals surface area contributed by atoms with Gasteiger partial charge in [-0.25, -0.2) is 14.5 Å². The molecule has 5 nitrogen and oxygen atoms in total. The van der Waals surface area contributed by atoms with Crippen LogP contribution in [0.4, 0.5) is 0 Å². The van der Waals surface area contributed by atoms with Gasteiger partial charge < -0.3 is 4.74 Å². The van der Waals surface area contributed by atoms with Gasteiger partial charge in [-0.15, -0.1) is 0 Å². The highest BCUT2D eigenvalue weighted by atomic mass is 16.5. The summed E-state index contributed by atoms with van der Waals surface area (Å²) >= 11 is 0. The zero-order valence-corrected chi connectivity index (χ0v) is 12.8. The first kappa shape index (κ1) is 14.3. The Morgan fingerprint density at radius 1 is 1.23 bits per heavy atom. The van der Waals surface area contributed by atoms with Crippen molar-refractivity contribution in [3.63, 3.8) is 0 Å². The first-order valence-electron chi connectivity index (χ1n) is 7.17. The van der Waals surface area contributed by atoms with Crippen LogP contribution in [0.15, 0.2) is 42.6 Å². The molecule has 0 saturated carbocycles. The smallest absolute Gasteiger partial charge is 0.357 e. The molecule has 0 atom stereocenters. The molecule has 0 N–H and O–H groups in total. The van der Waals surface area contributed by atoms with Gasteiger partial charge >= 0.3 is 5.97 Å². The van der Waals surface area contributed by atoms with E-state index in [-0.39, 0.29) is 11.8 Å². The fourth-order valence-corrected chi connectivity index (χ4v) is 2.24. The minimum Gasteiger partial charge on any atom is -0.458 e. The maximum atomic E-state index is 12.0. The molecule has 0 saturated heterocycles. The molecule has 3 aromatic rings. The summed E-state index contributed by atoms with van der Waals surface area (Å²) in [5.74, 6) is -0.422. The maximum absolute atomic E-state index is 12.0. The zero-order valence-electron chi connectivity index (χ0n) is 12.8. The molecule has 112 valence electrons. The summed E-state index contributed by atoms with van der Waals surface area (Å²) in [6, 6.07) is 11.5. The summed E-state index contributed by atoms with van der Waals surface area (Å²) in [6.07, 6.45) is 1.56. The van der Waals surface area contributed by atoms with Crippen molar-refractivity contribution in [2.45, 2.75) is 26.9 Å². The predicted octanol–water partition coefficient (Wildman–Crippen LogP) is 3.29. The third-order valence-corrected chi connectivity index (χ3v) is 3.22. The van der Waals surface area contributed by atoms with Crippen molar-refractivity contribution in [1.82, 2.24) is 14.8 Å². The van der Waals surface area contributed by atoms with E-state index < -0.39 is 5.97 Å². The number of carbonyl (C=O) groups excluding carboxylic acids is 1. The van der Waals surface area contributed by atoms with Gasteiger partial charge in [-0.1, -0.05) is 12.1 Å². The number of ether oxygens (including phenoxy) is 1. The van der Waals surface area contributed by atoms with Crippen molar-refractivity contribution >= 4 is 17.0 Å². The van der Waals surface area contributed by atoms with Crippen LogP contribution in [0.2, 0.25) is 0 Å². The number of esters is 1. The molecule has 0 amide bonds. The number of benzene rings is 1. The number of hydrogen-bond acceptors (Lipinski definition) is 4. The molecule has 0 aliphatic heterocycles. The molecule has 2 aromatic heterocycles. The van der Waals surface area contributed by atoms with Crippen LogP contribution in [0, 0.1) is 6.92 Å². The van der Waals surface area contributed by atoms with Crippen LogP contribution in [0.3, 0.4) is 0 Å². The van der Waals surface area contributed by atoms with Gasteiger partial charge in [0.1, 0.15) is 0 Å². The zero-order chi connectivity index (χ0) is 15.7. The van der Waals surface area contributed by atoms with Crippen molar-refractivity contribution in [2.24, 2.45) is 0 Å². The normalized spacial score (nSPS) is 11.1. The van der Waals surface area contributed by atoms with E-state index in [1.807, 2.05) is 51.1 Å². The second kappa shape index (κ2) is 5.60. The largest absolute Gasteiger partial charge is 0.458 e. The second-order valence-corrected chi connectivity index (χ2v) is 5.46. The highest BCUT2D eigenvalue weighted by Crippen LogP contribution is 2.18. The third kappa shape index (κ3) is 2.70. The third-order valence-electron chi connectivity index (χ3n) is 3.22. The molecule has 1 aromatic carbocycles. The number of fused-ring (bicyclic) bond motifs is 1. The lowest BCUT2D eigenvalue weighted by Gasteiger charge is -2.08. The van der Waals surface area contributed by atoms with Gasteiger partial charge in [0.25, 0.3) is 0 Å². The van der Waals surface area contributed by atoms with E-state index in [2.05, 4.69) is 10.1 Å². The van der Waals surface area contributed by atoms with Crippen molar-refractivity contribution in [3.05, 3.63) is 53.9 Å². The molecular formula is C17H17N3O2. The number of pyridine rings is 1. The van der Waals surface area contributed by atoms with Crippen molar-refractivity contribution in [2.75, 3.05) is 0 Å².